The molecule has 2 nitrogen and oxygen atoms in total. The van der Waals surface area contributed by atoms with E-state index in [1.807, 2.05) is 35.7 Å². The van der Waals surface area contributed by atoms with Gasteiger partial charge in [0.1, 0.15) is 5.52 Å². The smallest absolute Gasteiger partial charge is 0.220 e. The van der Waals surface area contributed by atoms with E-state index in [-0.39, 0.29) is 0 Å². The van der Waals surface area contributed by atoms with E-state index in [2.05, 4.69) is 4.98 Å². The molecule has 0 aliphatic rings. The lowest BCUT2D eigenvalue weighted by Gasteiger charge is -1.85. The Labute approximate surface area is 107 Å². The highest BCUT2D eigenvalue weighted by Gasteiger charge is 2.03. The van der Waals surface area contributed by atoms with E-state index in [4.69, 9.17) is 16.0 Å². The van der Waals surface area contributed by atoms with E-state index in [0.717, 1.165) is 11.1 Å². The summed E-state index contributed by atoms with van der Waals surface area (Å²) in [7, 11) is 0. The predicted octanol–water partition coefficient (Wildman–Crippen LogP) is 4.71. The highest BCUT2D eigenvalue weighted by molar-refractivity contribution is 7.10. The van der Waals surface area contributed by atoms with Crippen LogP contribution in [0.15, 0.2) is 40.1 Å². The molecule has 3 aromatic rings. The molecule has 0 unspecified atom stereocenters. The first-order valence-corrected chi connectivity index (χ1v) is 6.35. The standard InChI is InChI=1S/C13H8ClNOS/c14-9-3-5-12-11(8-9)15-13(16-12)6-4-10-2-1-7-17-10/h1-8H/b6-4-. The van der Waals surface area contributed by atoms with Crippen LogP contribution in [0.5, 0.6) is 0 Å². The van der Waals surface area contributed by atoms with Crippen molar-refractivity contribution in [2.45, 2.75) is 0 Å². The zero-order chi connectivity index (χ0) is 11.7. The van der Waals surface area contributed by atoms with E-state index in [1.54, 1.807) is 23.5 Å². The molecule has 0 saturated carbocycles. The summed E-state index contributed by atoms with van der Waals surface area (Å²) in [5.41, 5.74) is 1.53. The summed E-state index contributed by atoms with van der Waals surface area (Å²) in [5.74, 6) is 0.593. The van der Waals surface area contributed by atoms with Crippen molar-refractivity contribution >= 4 is 46.2 Å². The van der Waals surface area contributed by atoms with Crippen LogP contribution in [0, 0.1) is 0 Å². The Morgan fingerprint density at radius 3 is 3.00 bits per heavy atom. The minimum atomic E-state index is 0.593. The molecule has 0 N–H and O–H groups in total. The number of thiophene rings is 1. The van der Waals surface area contributed by atoms with Crippen LogP contribution in [0.4, 0.5) is 0 Å². The van der Waals surface area contributed by atoms with Crippen LogP contribution >= 0.6 is 22.9 Å². The van der Waals surface area contributed by atoms with Gasteiger partial charge in [-0.05, 0) is 35.7 Å². The van der Waals surface area contributed by atoms with Crippen LogP contribution in [0.2, 0.25) is 5.02 Å². The van der Waals surface area contributed by atoms with Gasteiger partial charge in [-0.3, -0.25) is 0 Å². The first kappa shape index (κ1) is 10.6. The van der Waals surface area contributed by atoms with Crippen molar-refractivity contribution in [1.82, 2.24) is 4.98 Å². The molecule has 2 heterocycles. The normalized spacial score (nSPS) is 11.6. The van der Waals surface area contributed by atoms with Crippen LogP contribution in [0.25, 0.3) is 23.3 Å². The lowest BCUT2D eigenvalue weighted by molar-refractivity contribution is 0.590. The van der Waals surface area contributed by atoms with E-state index in [9.17, 15) is 0 Å². The molecule has 1 aromatic carbocycles. The fraction of sp³-hybridized carbons (Fsp3) is 0. The van der Waals surface area contributed by atoms with Crippen LogP contribution < -0.4 is 0 Å². The summed E-state index contributed by atoms with van der Waals surface area (Å²) >= 11 is 7.56. The fourth-order valence-electron chi connectivity index (χ4n) is 1.53. The van der Waals surface area contributed by atoms with Gasteiger partial charge >= 0.3 is 0 Å². The van der Waals surface area contributed by atoms with E-state index < -0.39 is 0 Å². The molecule has 0 amide bonds. The Bertz CT molecular complexity index is 670. The number of nitrogens with zero attached hydrogens (tertiary/aromatic N) is 1. The quantitative estimate of drug-likeness (QED) is 0.667. The van der Waals surface area contributed by atoms with Crippen LogP contribution in [0.3, 0.4) is 0 Å². The third-order valence-corrected chi connectivity index (χ3v) is 3.37. The summed E-state index contributed by atoms with van der Waals surface area (Å²) in [6.07, 6.45) is 3.84. The molecule has 0 fully saturated rings. The van der Waals surface area contributed by atoms with Gasteiger partial charge in [0, 0.05) is 16.0 Å². The first-order valence-electron chi connectivity index (χ1n) is 5.09. The highest BCUT2D eigenvalue weighted by atomic mass is 35.5. The van der Waals surface area contributed by atoms with Crippen LogP contribution in [-0.2, 0) is 0 Å². The van der Waals surface area contributed by atoms with Gasteiger partial charge in [-0.15, -0.1) is 11.3 Å². The lowest BCUT2D eigenvalue weighted by Crippen LogP contribution is -1.69. The number of halogens is 1. The monoisotopic (exact) mass is 261 g/mol. The number of hydrogen-bond acceptors (Lipinski definition) is 3. The van der Waals surface area contributed by atoms with E-state index in [1.165, 1.54) is 4.88 Å². The van der Waals surface area contributed by atoms with E-state index >= 15 is 0 Å². The maximum Gasteiger partial charge on any atom is 0.220 e. The maximum absolute atomic E-state index is 5.89. The molecule has 2 aromatic heterocycles. The van der Waals surface area contributed by atoms with Crippen molar-refractivity contribution in [3.05, 3.63) is 51.5 Å². The predicted molar refractivity (Wildman–Crippen MR) is 72.3 cm³/mol. The van der Waals surface area contributed by atoms with E-state index in [0.29, 0.717) is 10.9 Å². The van der Waals surface area contributed by atoms with Gasteiger partial charge in [-0.25, -0.2) is 4.98 Å². The fourth-order valence-corrected chi connectivity index (χ4v) is 2.31. The number of benzene rings is 1. The highest BCUT2D eigenvalue weighted by Crippen LogP contribution is 2.21. The second-order valence-electron chi connectivity index (χ2n) is 3.51. The number of aromatic nitrogens is 1. The Morgan fingerprint density at radius 2 is 2.18 bits per heavy atom. The zero-order valence-corrected chi connectivity index (χ0v) is 10.3. The minimum absolute atomic E-state index is 0.593. The second kappa shape index (κ2) is 4.35. The molecule has 0 saturated heterocycles. The van der Waals surface area contributed by atoms with Gasteiger partial charge in [0.15, 0.2) is 5.58 Å². The van der Waals surface area contributed by atoms with Crippen molar-refractivity contribution in [3.63, 3.8) is 0 Å². The van der Waals surface area contributed by atoms with Gasteiger partial charge in [-0.2, -0.15) is 0 Å². The Balaban J connectivity index is 1.96. The molecule has 0 radical (unpaired) electrons. The Hall–Kier alpha value is -1.58. The molecule has 0 atom stereocenters. The molecule has 4 heteroatoms. The van der Waals surface area contributed by atoms with Gasteiger partial charge < -0.3 is 4.42 Å². The number of oxazole rings is 1. The van der Waals surface area contributed by atoms with Crippen molar-refractivity contribution in [1.29, 1.82) is 0 Å². The lowest BCUT2D eigenvalue weighted by atomic mass is 10.3. The molecule has 17 heavy (non-hydrogen) atoms. The largest absolute Gasteiger partial charge is 0.437 e. The summed E-state index contributed by atoms with van der Waals surface area (Å²) in [4.78, 5) is 5.51. The van der Waals surface area contributed by atoms with Crippen LogP contribution in [-0.4, -0.2) is 4.98 Å². The number of fused-ring (bicyclic) bond motifs is 1. The average Bonchev–Trinajstić information content (AvgIpc) is 2.94. The van der Waals surface area contributed by atoms with Crippen molar-refractivity contribution < 1.29 is 4.42 Å². The SMILES string of the molecule is Clc1ccc2oc(/C=C\c3cccs3)nc2c1. The van der Waals surface area contributed by atoms with Gasteiger partial charge in [-0.1, -0.05) is 17.7 Å². The topological polar surface area (TPSA) is 26.0 Å². The summed E-state index contributed by atoms with van der Waals surface area (Å²) in [6.45, 7) is 0. The summed E-state index contributed by atoms with van der Waals surface area (Å²) in [6, 6.07) is 9.47. The van der Waals surface area contributed by atoms with Crippen molar-refractivity contribution in [2.24, 2.45) is 0 Å². The molecule has 0 aliphatic heterocycles. The first-order chi connectivity index (χ1) is 8.31. The third-order valence-electron chi connectivity index (χ3n) is 2.30. The Kier molecular flexibility index (Phi) is 2.71. The molecular weight excluding hydrogens is 254 g/mol. The second-order valence-corrected chi connectivity index (χ2v) is 4.93. The molecule has 3 rings (SSSR count). The molecular formula is C13H8ClNOS. The third kappa shape index (κ3) is 2.25. The average molecular weight is 262 g/mol. The molecule has 0 spiro atoms. The van der Waals surface area contributed by atoms with Crippen molar-refractivity contribution in [3.8, 4) is 0 Å². The Morgan fingerprint density at radius 1 is 1.24 bits per heavy atom. The van der Waals surface area contributed by atoms with Gasteiger partial charge in [0.05, 0.1) is 0 Å². The van der Waals surface area contributed by atoms with Crippen LogP contribution in [0.1, 0.15) is 10.8 Å². The van der Waals surface area contributed by atoms with Gasteiger partial charge in [0.25, 0.3) is 0 Å². The zero-order valence-electron chi connectivity index (χ0n) is 8.76. The molecule has 0 aliphatic carbocycles. The minimum Gasteiger partial charge on any atom is -0.437 e. The summed E-state index contributed by atoms with van der Waals surface area (Å²) < 4.78 is 5.57. The summed E-state index contributed by atoms with van der Waals surface area (Å²) in [5, 5.41) is 2.70. The van der Waals surface area contributed by atoms with Gasteiger partial charge in [0.2, 0.25) is 5.89 Å². The maximum atomic E-state index is 5.89. The molecule has 84 valence electrons. The molecule has 0 bridgehead atoms. The van der Waals surface area contributed by atoms with Crippen molar-refractivity contribution in [2.75, 3.05) is 0 Å². The number of rotatable bonds is 2. The number of hydrogen-bond donors (Lipinski definition) is 0.